The van der Waals surface area contributed by atoms with Gasteiger partial charge in [0.05, 0.1) is 27.2 Å². The van der Waals surface area contributed by atoms with Gasteiger partial charge in [0.1, 0.15) is 5.82 Å². The van der Waals surface area contributed by atoms with Crippen molar-refractivity contribution in [2.75, 3.05) is 23.0 Å². The SMILES string of the molecule is O=C(c1cc(S(=O)(=O)[C@@H]2CCS(=O)(=O)C2)ccc1F)N1CCCc2ccccc21. The molecule has 1 saturated heterocycles. The number of nitrogens with zero attached hydrogens (tertiary/aromatic N) is 1. The Bertz CT molecular complexity index is 1190. The van der Waals surface area contributed by atoms with Crippen molar-refractivity contribution in [2.24, 2.45) is 0 Å². The second kappa shape index (κ2) is 7.21. The summed E-state index contributed by atoms with van der Waals surface area (Å²) in [5.74, 6) is -2.05. The minimum absolute atomic E-state index is 0.00478. The molecule has 0 N–H and O–H groups in total. The molecule has 2 aromatic carbocycles. The first-order chi connectivity index (χ1) is 13.7. The zero-order chi connectivity index (χ0) is 20.8. The van der Waals surface area contributed by atoms with Crippen LogP contribution in [-0.4, -0.2) is 46.0 Å². The standard InChI is InChI=1S/C20H20FNO5S2/c21-18-8-7-15(29(26,27)16-9-11-28(24,25)13-16)12-17(18)20(23)22-10-3-5-14-4-1-2-6-19(14)22/h1-2,4,6-8,12,16H,3,5,9-11,13H2/t16-/m1/s1. The van der Waals surface area contributed by atoms with E-state index in [1.165, 1.54) is 4.90 Å². The Hall–Kier alpha value is -2.26. The van der Waals surface area contributed by atoms with E-state index in [1.807, 2.05) is 12.1 Å². The van der Waals surface area contributed by atoms with Crippen LogP contribution in [0, 0.1) is 5.82 Å². The second-order valence-electron chi connectivity index (χ2n) is 7.40. The summed E-state index contributed by atoms with van der Waals surface area (Å²) < 4.78 is 63.6. The lowest BCUT2D eigenvalue weighted by molar-refractivity contribution is 0.0981. The summed E-state index contributed by atoms with van der Waals surface area (Å²) in [4.78, 5) is 14.3. The van der Waals surface area contributed by atoms with Crippen molar-refractivity contribution >= 4 is 31.3 Å². The van der Waals surface area contributed by atoms with Gasteiger partial charge >= 0.3 is 0 Å². The number of aryl methyl sites for hydroxylation is 1. The molecule has 6 nitrogen and oxygen atoms in total. The van der Waals surface area contributed by atoms with E-state index < -0.39 is 42.4 Å². The number of para-hydroxylation sites is 1. The summed E-state index contributed by atoms with van der Waals surface area (Å²) in [6.45, 7) is 0.410. The van der Waals surface area contributed by atoms with Gasteiger partial charge in [0.15, 0.2) is 19.7 Å². The fourth-order valence-corrected chi connectivity index (χ4v) is 8.32. The number of halogens is 1. The van der Waals surface area contributed by atoms with Gasteiger partial charge in [-0.25, -0.2) is 21.2 Å². The number of fused-ring (bicyclic) bond motifs is 1. The molecule has 0 radical (unpaired) electrons. The van der Waals surface area contributed by atoms with Gasteiger partial charge in [-0.3, -0.25) is 4.79 Å². The van der Waals surface area contributed by atoms with Gasteiger partial charge in [-0.15, -0.1) is 0 Å². The first kappa shape index (κ1) is 20.0. The third kappa shape index (κ3) is 3.69. The Balaban J connectivity index is 1.71. The van der Waals surface area contributed by atoms with Gasteiger partial charge in [-0.1, -0.05) is 18.2 Å². The molecule has 2 aliphatic heterocycles. The maximum absolute atomic E-state index is 14.5. The summed E-state index contributed by atoms with van der Waals surface area (Å²) in [5, 5.41) is -1.07. The number of sulfone groups is 2. The predicted octanol–water partition coefficient (Wildman–Crippen LogP) is 2.38. The van der Waals surface area contributed by atoms with E-state index in [4.69, 9.17) is 0 Å². The minimum Gasteiger partial charge on any atom is -0.308 e. The molecule has 154 valence electrons. The maximum atomic E-state index is 14.5. The Morgan fingerprint density at radius 2 is 1.90 bits per heavy atom. The molecule has 2 aromatic rings. The molecule has 0 aliphatic carbocycles. The van der Waals surface area contributed by atoms with E-state index in [9.17, 15) is 26.0 Å². The van der Waals surface area contributed by atoms with Crippen LogP contribution < -0.4 is 4.90 Å². The lowest BCUT2D eigenvalue weighted by Gasteiger charge is -2.29. The molecule has 0 unspecified atom stereocenters. The highest BCUT2D eigenvalue weighted by Crippen LogP contribution is 2.30. The lowest BCUT2D eigenvalue weighted by atomic mass is 10.0. The first-order valence-electron chi connectivity index (χ1n) is 9.33. The van der Waals surface area contributed by atoms with E-state index >= 15 is 0 Å². The molecule has 0 spiro atoms. The molecule has 4 rings (SSSR count). The molecule has 1 fully saturated rings. The lowest BCUT2D eigenvalue weighted by Crippen LogP contribution is -2.36. The fourth-order valence-electron chi connectivity index (χ4n) is 3.93. The van der Waals surface area contributed by atoms with Crippen molar-refractivity contribution < 1.29 is 26.0 Å². The van der Waals surface area contributed by atoms with Gasteiger partial charge in [0.25, 0.3) is 5.91 Å². The number of carbonyl (C=O) groups excluding carboxylic acids is 1. The number of amides is 1. The third-order valence-corrected chi connectivity index (χ3v) is 9.65. The minimum atomic E-state index is -3.99. The van der Waals surface area contributed by atoms with Crippen LogP contribution in [0.5, 0.6) is 0 Å². The smallest absolute Gasteiger partial charge is 0.261 e. The highest BCUT2D eigenvalue weighted by molar-refractivity contribution is 7.96. The monoisotopic (exact) mass is 437 g/mol. The largest absolute Gasteiger partial charge is 0.308 e. The Kier molecular flexibility index (Phi) is 4.98. The van der Waals surface area contributed by atoms with Crippen molar-refractivity contribution in [3.8, 4) is 0 Å². The fraction of sp³-hybridized carbons (Fsp3) is 0.350. The van der Waals surface area contributed by atoms with Crippen molar-refractivity contribution in [1.82, 2.24) is 0 Å². The molecule has 2 heterocycles. The molecule has 1 atom stereocenters. The van der Waals surface area contributed by atoms with Crippen LogP contribution in [0.25, 0.3) is 0 Å². The van der Waals surface area contributed by atoms with Gasteiger partial charge in [-0.2, -0.15) is 0 Å². The van der Waals surface area contributed by atoms with Gasteiger partial charge in [0.2, 0.25) is 0 Å². The average Bonchev–Trinajstić information content (AvgIpc) is 3.08. The van der Waals surface area contributed by atoms with Crippen molar-refractivity contribution in [3.63, 3.8) is 0 Å². The van der Waals surface area contributed by atoms with Gasteiger partial charge in [0, 0.05) is 12.2 Å². The molecule has 0 saturated carbocycles. The Labute approximate surface area is 169 Å². The molecule has 2 aliphatic rings. The van der Waals surface area contributed by atoms with Gasteiger partial charge < -0.3 is 4.90 Å². The molecule has 0 aromatic heterocycles. The number of benzene rings is 2. The summed E-state index contributed by atoms with van der Waals surface area (Å²) in [7, 11) is -7.39. The molecule has 1 amide bonds. The first-order valence-corrected chi connectivity index (χ1v) is 12.7. The zero-order valence-electron chi connectivity index (χ0n) is 15.5. The van der Waals surface area contributed by atoms with E-state index in [1.54, 1.807) is 12.1 Å². The van der Waals surface area contributed by atoms with Crippen LogP contribution in [0.2, 0.25) is 0 Å². The molecule has 9 heteroatoms. The van der Waals surface area contributed by atoms with Crippen LogP contribution in [0.15, 0.2) is 47.4 Å². The second-order valence-corrected chi connectivity index (χ2v) is 11.9. The van der Waals surface area contributed by atoms with Crippen LogP contribution >= 0.6 is 0 Å². The number of hydrogen-bond donors (Lipinski definition) is 0. The quantitative estimate of drug-likeness (QED) is 0.688. The summed E-state index contributed by atoms with van der Waals surface area (Å²) in [5.41, 5.74) is 1.34. The summed E-state index contributed by atoms with van der Waals surface area (Å²) >= 11 is 0. The molecular weight excluding hydrogens is 417 g/mol. The van der Waals surface area contributed by atoms with Crippen LogP contribution in [0.1, 0.15) is 28.8 Å². The predicted molar refractivity (Wildman–Crippen MR) is 107 cm³/mol. The highest BCUT2D eigenvalue weighted by atomic mass is 32.2. The molecule has 0 bridgehead atoms. The Morgan fingerprint density at radius 3 is 2.62 bits per heavy atom. The zero-order valence-corrected chi connectivity index (χ0v) is 17.2. The number of hydrogen-bond acceptors (Lipinski definition) is 5. The van der Waals surface area contributed by atoms with Crippen molar-refractivity contribution in [2.45, 2.75) is 29.4 Å². The topological polar surface area (TPSA) is 88.6 Å². The summed E-state index contributed by atoms with van der Waals surface area (Å²) in [6, 6.07) is 10.4. The van der Waals surface area contributed by atoms with Crippen LogP contribution in [0.4, 0.5) is 10.1 Å². The maximum Gasteiger partial charge on any atom is 0.261 e. The van der Waals surface area contributed by atoms with Crippen LogP contribution in [0.3, 0.4) is 0 Å². The van der Waals surface area contributed by atoms with Gasteiger partial charge in [-0.05, 0) is 49.1 Å². The van der Waals surface area contributed by atoms with E-state index in [0.29, 0.717) is 12.2 Å². The number of carbonyl (C=O) groups is 1. The normalized spacial score (nSPS) is 21.0. The Morgan fingerprint density at radius 1 is 1.14 bits per heavy atom. The number of anilines is 1. The molecular formula is C20H20FNO5S2. The third-order valence-electron chi connectivity index (χ3n) is 5.48. The van der Waals surface area contributed by atoms with E-state index in [2.05, 4.69) is 0 Å². The average molecular weight is 438 g/mol. The van der Waals surface area contributed by atoms with Crippen molar-refractivity contribution in [1.29, 1.82) is 0 Å². The molecule has 29 heavy (non-hydrogen) atoms. The van der Waals surface area contributed by atoms with E-state index in [-0.39, 0.29) is 22.6 Å². The van der Waals surface area contributed by atoms with Crippen LogP contribution in [-0.2, 0) is 26.1 Å². The number of rotatable bonds is 3. The highest BCUT2D eigenvalue weighted by Gasteiger charge is 2.38. The van der Waals surface area contributed by atoms with Crippen molar-refractivity contribution in [3.05, 3.63) is 59.4 Å². The summed E-state index contributed by atoms with van der Waals surface area (Å²) in [6.07, 6.45) is 1.54. The van der Waals surface area contributed by atoms with E-state index in [0.717, 1.165) is 36.6 Å².